The first-order chi connectivity index (χ1) is 6.38. The first-order valence-corrected chi connectivity index (χ1v) is 4.72. The summed E-state index contributed by atoms with van der Waals surface area (Å²) in [5.41, 5.74) is 1.27. The van der Waals surface area contributed by atoms with Crippen LogP contribution in [0.5, 0.6) is 0 Å². The second-order valence-electron chi connectivity index (χ2n) is 3.03. The Morgan fingerprint density at radius 1 is 1.00 bits per heavy atom. The Hall–Kier alpha value is -1.21. The van der Waals surface area contributed by atoms with Gasteiger partial charge in [-0.3, -0.25) is 0 Å². The van der Waals surface area contributed by atoms with Gasteiger partial charge in [0.05, 0.1) is 0 Å². The fourth-order valence-corrected chi connectivity index (χ4v) is 1.75. The van der Waals surface area contributed by atoms with E-state index in [1.54, 1.807) is 0 Å². The molecule has 0 nitrogen and oxygen atoms in total. The van der Waals surface area contributed by atoms with Crippen LogP contribution in [0.3, 0.4) is 0 Å². The molecule has 0 aromatic heterocycles. The van der Waals surface area contributed by atoms with Crippen LogP contribution < -0.4 is 0 Å². The summed E-state index contributed by atoms with van der Waals surface area (Å²) in [6.07, 6.45) is 8.17. The molecule has 0 saturated carbocycles. The van der Waals surface area contributed by atoms with Crippen molar-refractivity contribution in [3.05, 3.63) is 60.2 Å². The summed E-state index contributed by atoms with van der Waals surface area (Å²) in [4.78, 5) is 0.994. The lowest BCUT2D eigenvalue weighted by Gasteiger charge is -2.14. The topological polar surface area (TPSA) is 0 Å². The summed E-state index contributed by atoms with van der Waals surface area (Å²) in [5, 5.41) is 0. The summed E-state index contributed by atoms with van der Waals surface area (Å²) < 4.78 is 0. The zero-order valence-corrected chi connectivity index (χ0v) is 8.00. The van der Waals surface area contributed by atoms with E-state index in [0.29, 0.717) is 5.92 Å². The van der Waals surface area contributed by atoms with Crippen LogP contribution in [-0.4, -0.2) is 4.86 Å². The molecule has 1 aromatic rings. The average molecular weight is 186 g/mol. The van der Waals surface area contributed by atoms with Crippen molar-refractivity contribution < 1.29 is 0 Å². The third kappa shape index (κ3) is 1.76. The van der Waals surface area contributed by atoms with E-state index in [1.165, 1.54) is 5.56 Å². The number of thiocarbonyl (C=S) groups is 1. The van der Waals surface area contributed by atoms with E-state index >= 15 is 0 Å². The Kier molecular flexibility index (Phi) is 2.37. The minimum absolute atomic E-state index is 0.293. The van der Waals surface area contributed by atoms with Crippen molar-refractivity contribution in [3.8, 4) is 0 Å². The number of rotatable bonds is 1. The van der Waals surface area contributed by atoms with E-state index in [2.05, 4.69) is 18.2 Å². The van der Waals surface area contributed by atoms with E-state index in [9.17, 15) is 0 Å². The van der Waals surface area contributed by atoms with Gasteiger partial charge in [-0.15, -0.1) is 0 Å². The first-order valence-electron chi connectivity index (χ1n) is 4.31. The number of hydrogen-bond donors (Lipinski definition) is 0. The Morgan fingerprint density at radius 3 is 2.46 bits per heavy atom. The highest BCUT2D eigenvalue weighted by Gasteiger charge is 2.12. The Bertz CT molecular complexity index is 360. The van der Waals surface area contributed by atoms with Crippen LogP contribution >= 0.6 is 12.2 Å². The lowest BCUT2D eigenvalue weighted by Crippen LogP contribution is -2.06. The van der Waals surface area contributed by atoms with Crippen molar-refractivity contribution in [3.63, 3.8) is 0 Å². The van der Waals surface area contributed by atoms with Crippen LogP contribution in [0.4, 0.5) is 0 Å². The highest BCUT2D eigenvalue weighted by molar-refractivity contribution is 7.80. The van der Waals surface area contributed by atoms with Crippen molar-refractivity contribution >= 4 is 17.1 Å². The van der Waals surface area contributed by atoms with E-state index in [1.807, 2.05) is 36.4 Å². The van der Waals surface area contributed by atoms with Crippen molar-refractivity contribution in [2.45, 2.75) is 5.92 Å². The van der Waals surface area contributed by atoms with E-state index < -0.39 is 0 Å². The third-order valence-corrected chi connectivity index (χ3v) is 2.53. The average Bonchev–Trinajstić information content (AvgIpc) is 2.20. The molecule has 0 aliphatic heterocycles. The molecule has 1 unspecified atom stereocenters. The second-order valence-corrected chi connectivity index (χ2v) is 3.51. The van der Waals surface area contributed by atoms with Crippen LogP contribution in [0.1, 0.15) is 11.5 Å². The highest BCUT2D eigenvalue weighted by atomic mass is 32.1. The molecule has 0 fully saturated rings. The zero-order chi connectivity index (χ0) is 9.10. The van der Waals surface area contributed by atoms with E-state index in [0.717, 1.165) is 4.86 Å². The number of allylic oxidation sites excluding steroid dienone is 4. The Labute approximate surface area is 83.6 Å². The molecule has 1 atom stereocenters. The minimum atomic E-state index is 0.293. The van der Waals surface area contributed by atoms with Crippen LogP contribution in [0.25, 0.3) is 0 Å². The van der Waals surface area contributed by atoms with Crippen LogP contribution in [-0.2, 0) is 0 Å². The van der Waals surface area contributed by atoms with Gasteiger partial charge in [-0.25, -0.2) is 0 Å². The predicted molar refractivity (Wildman–Crippen MR) is 60.1 cm³/mol. The van der Waals surface area contributed by atoms with Gasteiger partial charge in [-0.05, 0) is 11.6 Å². The maximum atomic E-state index is 5.27. The number of benzene rings is 1. The molecule has 1 heteroatoms. The lowest BCUT2D eigenvalue weighted by atomic mass is 9.92. The van der Waals surface area contributed by atoms with Crippen LogP contribution in [0, 0.1) is 0 Å². The molecular formula is C12H10S. The van der Waals surface area contributed by atoms with Crippen molar-refractivity contribution in [2.75, 3.05) is 0 Å². The molecule has 1 aliphatic rings. The van der Waals surface area contributed by atoms with Crippen molar-refractivity contribution in [2.24, 2.45) is 0 Å². The van der Waals surface area contributed by atoms with E-state index in [4.69, 9.17) is 12.2 Å². The number of hydrogen-bond acceptors (Lipinski definition) is 1. The summed E-state index contributed by atoms with van der Waals surface area (Å²) in [7, 11) is 0. The van der Waals surface area contributed by atoms with Gasteiger partial charge in [0.2, 0.25) is 0 Å². The maximum Gasteiger partial charge on any atom is 0.0375 e. The maximum absolute atomic E-state index is 5.27. The Morgan fingerprint density at radius 2 is 1.77 bits per heavy atom. The molecule has 64 valence electrons. The monoisotopic (exact) mass is 186 g/mol. The van der Waals surface area contributed by atoms with Gasteiger partial charge in [0.1, 0.15) is 0 Å². The van der Waals surface area contributed by atoms with Gasteiger partial charge in [0.15, 0.2) is 0 Å². The smallest absolute Gasteiger partial charge is 0.0375 e. The zero-order valence-electron chi connectivity index (χ0n) is 7.18. The summed E-state index contributed by atoms with van der Waals surface area (Å²) in [6, 6.07) is 10.3. The second kappa shape index (κ2) is 3.67. The molecule has 2 rings (SSSR count). The molecule has 0 heterocycles. The molecule has 0 spiro atoms. The minimum Gasteiger partial charge on any atom is -0.0839 e. The van der Waals surface area contributed by atoms with Crippen LogP contribution in [0.2, 0.25) is 0 Å². The van der Waals surface area contributed by atoms with Gasteiger partial charge in [-0.1, -0.05) is 60.8 Å². The summed E-state index contributed by atoms with van der Waals surface area (Å²) in [6.45, 7) is 0. The van der Waals surface area contributed by atoms with Gasteiger partial charge < -0.3 is 0 Å². The molecule has 1 aliphatic carbocycles. The largest absolute Gasteiger partial charge is 0.0839 e. The van der Waals surface area contributed by atoms with Gasteiger partial charge >= 0.3 is 0 Å². The lowest BCUT2D eigenvalue weighted by molar-refractivity contribution is 1.16. The molecular weight excluding hydrogens is 176 g/mol. The highest BCUT2D eigenvalue weighted by Crippen LogP contribution is 2.22. The fraction of sp³-hybridized carbons (Fsp3) is 0.0833. The fourth-order valence-electron chi connectivity index (χ4n) is 1.46. The molecule has 1 aromatic carbocycles. The molecule has 0 bridgehead atoms. The van der Waals surface area contributed by atoms with Crippen LogP contribution in [0.15, 0.2) is 54.6 Å². The SMILES string of the molecule is S=C1C=CC=CC1c1ccccc1. The molecule has 0 radical (unpaired) electrons. The normalized spacial score (nSPS) is 20.6. The first kappa shape index (κ1) is 8.39. The van der Waals surface area contributed by atoms with Gasteiger partial charge in [0, 0.05) is 10.8 Å². The Balaban J connectivity index is 2.32. The third-order valence-electron chi connectivity index (χ3n) is 2.14. The van der Waals surface area contributed by atoms with Crippen molar-refractivity contribution in [1.29, 1.82) is 0 Å². The quantitative estimate of drug-likeness (QED) is 0.607. The van der Waals surface area contributed by atoms with E-state index in [-0.39, 0.29) is 0 Å². The molecule has 0 N–H and O–H groups in total. The van der Waals surface area contributed by atoms with Gasteiger partial charge in [-0.2, -0.15) is 0 Å². The predicted octanol–water partition coefficient (Wildman–Crippen LogP) is 3.27. The molecule has 0 amide bonds. The summed E-state index contributed by atoms with van der Waals surface area (Å²) in [5.74, 6) is 0.293. The molecule has 0 saturated heterocycles. The molecule has 13 heavy (non-hydrogen) atoms. The summed E-state index contributed by atoms with van der Waals surface area (Å²) >= 11 is 5.27. The van der Waals surface area contributed by atoms with Crippen molar-refractivity contribution in [1.82, 2.24) is 0 Å². The van der Waals surface area contributed by atoms with Gasteiger partial charge in [0.25, 0.3) is 0 Å². The standard InChI is InChI=1S/C12H10S/c13-12-9-5-4-8-11(12)10-6-2-1-3-7-10/h1-9,11H.